The van der Waals surface area contributed by atoms with Crippen LogP contribution in [0.15, 0.2) is 35.3 Å². The quantitative estimate of drug-likeness (QED) is 0.618. The molecule has 3 heteroatoms. The molecule has 98 valence electrons. The van der Waals surface area contributed by atoms with Crippen molar-refractivity contribution in [3.63, 3.8) is 0 Å². The van der Waals surface area contributed by atoms with Crippen molar-refractivity contribution in [1.29, 1.82) is 0 Å². The highest BCUT2D eigenvalue weighted by molar-refractivity contribution is 5.77. The molecule has 0 amide bonds. The van der Waals surface area contributed by atoms with Gasteiger partial charge in [0, 0.05) is 12.0 Å². The molecule has 3 nitrogen and oxygen atoms in total. The van der Waals surface area contributed by atoms with Crippen molar-refractivity contribution in [1.82, 2.24) is 5.32 Å². The molecule has 0 radical (unpaired) electrons. The van der Waals surface area contributed by atoms with Crippen LogP contribution in [0.4, 0.5) is 0 Å². The summed E-state index contributed by atoms with van der Waals surface area (Å²) in [7, 11) is 0. The molecule has 0 aliphatic heterocycles. The molecule has 1 aromatic rings. The predicted molar refractivity (Wildman–Crippen MR) is 76.8 cm³/mol. The molecule has 0 atom stereocenters. The maximum absolute atomic E-state index is 5.86. The Hall–Kier alpha value is -1.51. The number of rotatable bonds is 5. The third-order valence-corrected chi connectivity index (χ3v) is 3.81. The fourth-order valence-electron chi connectivity index (χ4n) is 2.48. The van der Waals surface area contributed by atoms with Gasteiger partial charge in [-0.15, -0.1) is 0 Å². The Morgan fingerprint density at radius 1 is 1.33 bits per heavy atom. The molecule has 1 aromatic carbocycles. The van der Waals surface area contributed by atoms with Crippen molar-refractivity contribution in [2.75, 3.05) is 13.1 Å². The number of guanidine groups is 1. The van der Waals surface area contributed by atoms with Crippen LogP contribution in [0.5, 0.6) is 0 Å². The second-order valence-corrected chi connectivity index (χ2v) is 5.13. The van der Waals surface area contributed by atoms with Gasteiger partial charge in [-0.2, -0.15) is 0 Å². The van der Waals surface area contributed by atoms with E-state index in [0.717, 1.165) is 19.5 Å². The van der Waals surface area contributed by atoms with Crippen molar-refractivity contribution in [2.45, 2.75) is 38.0 Å². The first-order chi connectivity index (χ1) is 8.77. The zero-order valence-electron chi connectivity index (χ0n) is 11.2. The van der Waals surface area contributed by atoms with E-state index in [1.54, 1.807) is 0 Å². The van der Waals surface area contributed by atoms with Crippen LogP contribution in [0.25, 0.3) is 0 Å². The molecule has 2 rings (SSSR count). The fourth-order valence-corrected chi connectivity index (χ4v) is 2.48. The van der Waals surface area contributed by atoms with Gasteiger partial charge in [-0.25, -0.2) is 0 Å². The average Bonchev–Trinajstić information content (AvgIpc) is 2.36. The highest BCUT2D eigenvalue weighted by atomic mass is 15.1. The number of hydrogen-bond acceptors (Lipinski definition) is 1. The van der Waals surface area contributed by atoms with Gasteiger partial charge >= 0.3 is 0 Å². The van der Waals surface area contributed by atoms with Crippen LogP contribution < -0.4 is 11.1 Å². The molecule has 1 fully saturated rings. The van der Waals surface area contributed by atoms with Gasteiger partial charge in [-0.05, 0) is 24.8 Å². The number of nitrogens with two attached hydrogens (primary N) is 1. The second-order valence-electron chi connectivity index (χ2n) is 5.13. The topological polar surface area (TPSA) is 50.4 Å². The molecule has 0 unspecified atom stereocenters. The summed E-state index contributed by atoms with van der Waals surface area (Å²) in [4.78, 5) is 4.52. The van der Waals surface area contributed by atoms with Crippen molar-refractivity contribution < 1.29 is 0 Å². The van der Waals surface area contributed by atoms with Crippen LogP contribution in [0, 0.1) is 0 Å². The molecular weight excluding hydrogens is 222 g/mol. The van der Waals surface area contributed by atoms with E-state index >= 15 is 0 Å². The summed E-state index contributed by atoms with van der Waals surface area (Å²) in [5.41, 5.74) is 7.50. The minimum atomic E-state index is 0.236. The highest BCUT2D eigenvalue weighted by Crippen LogP contribution is 2.43. The zero-order valence-corrected chi connectivity index (χ0v) is 11.2. The van der Waals surface area contributed by atoms with Gasteiger partial charge in [0.1, 0.15) is 0 Å². The number of nitrogens with one attached hydrogen (secondary N) is 1. The lowest BCUT2D eigenvalue weighted by atomic mass is 9.64. The maximum Gasteiger partial charge on any atom is 0.188 e. The number of hydrogen-bond donors (Lipinski definition) is 2. The molecule has 0 saturated heterocycles. The zero-order chi connectivity index (χ0) is 12.8. The smallest absolute Gasteiger partial charge is 0.188 e. The van der Waals surface area contributed by atoms with Gasteiger partial charge in [-0.3, -0.25) is 4.99 Å². The summed E-state index contributed by atoms with van der Waals surface area (Å²) in [6, 6.07) is 10.7. The van der Waals surface area contributed by atoms with Gasteiger partial charge in [0.25, 0.3) is 0 Å². The monoisotopic (exact) mass is 245 g/mol. The molecule has 1 saturated carbocycles. The van der Waals surface area contributed by atoms with E-state index in [0.29, 0.717) is 5.96 Å². The van der Waals surface area contributed by atoms with Gasteiger partial charge in [0.05, 0.1) is 6.54 Å². The van der Waals surface area contributed by atoms with E-state index in [2.05, 4.69) is 47.6 Å². The summed E-state index contributed by atoms with van der Waals surface area (Å²) >= 11 is 0. The van der Waals surface area contributed by atoms with Gasteiger partial charge in [0.2, 0.25) is 0 Å². The largest absolute Gasteiger partial charge is 0.370 e. The molecule has 0 aromatic heterocycles. The van der Waals surface area contributed by atoms with Crippen LogP contribution in [-0.4, -0.2) is 19.0 Å². The van der Waals surface area contributed by atoms with E-state index in [-0.39, 0.29) is 5.41 Å². The van der Waals surface area contributed by atoms with Crippen molar-refractivity contribution in [3.8, 4) is 0 Å². The van der Waals surface area contributed by atoms with Crippen LogP contribution in [-0.2, 0) is 5.41 Å². The van der Waals surface area contributed by atoms with Crippen LogP contribution >= 0.6 is 0 Å². The van der Waals surface area contributed by atoms with E-state index in [4.69, 9.17) is 5.73 Å². The summed E-state index contributed by atoms with van der Waals surface area (Å²) < 4.78 is 0. The van der Waals surface area contributed by atoms with Crippen LogP contribution in [0.3, 0.4) is 0 Å². The Morgan fingerprint density at radius 2 is 2.06 bits per heavy atom. The first-order valence-corrected chi connectivity index (χ1v) is 6.86. The molecule has 0 spiro atoms. The first kappa shape index (κ1) is 12.9. The second kappa shape index (κ2) is 5.89. The lowest BCUT2D eigenvalue weighted by Gasteiger charge is -2.41. The first-order valence-electron chi connectivity index (χ1n) is 6.86. The molecular formula is C15H23N3. The van der Waals surface area contributed by atoms with Gasteiger partial charge in [0.15, 0.2) is 5.96 Å². The van der Waals surface area contributed by atoms with Gasteiger partial charge in [-0.1, -0.05) is 43.7 Å². The fraction of sp³-hybridized carbons (Fsp3) is 0.533. The Bertz CT molecular complexity index is 393. The van der Waals surface area contributed by atoms with Crippen LogP contribution in [0.1, 0.15) is 38.2 Å². The molecule has 3 N–H and O–H groups in total. The number of aliphatic imine (C=N–C) groups is 1. The average molecular weight is 245 g/mol. The third kappa shape index (κ3) is 2.84. The van der Waals surface area contributed by atoms with E-state index in [1.165, 1.54) is 24.8 Å². The predicted octanol–water partition coefficient (Wildman–Crippen LogP) is 2.42. The SMILES string of the molecule is CCCNC(N)=NCC1(c2ccccc2)CCC1. The maximum atomic E-state index is 5.86. The molecule has 0 bridgehead atoms. The number of nitrogens with zero attached hydrogens (tertiary/aromatic N) is 1. The minimum Gasteiger partial charge on any atom is -0.370 e. The van der Waals surface area contributed by atoms with Crippen LogP contribution in [0.2, 0.25) is 0 Å². The Morgan fingerprint density at radius 3 is 2.61 bits per heavy atom. The number of benzene rings is 1. The van der Waals surface area contributed by atoms with Gasteiger partial charge < -0.3 is 11.1 Å². The lowest BCUT2D eigenvalue weighted by Crippen LogP contribution is -2.40. The highest BCUT2D eigenvalue weighted by Gasteiger charge is 2.38. The summed E-state index contributed by atoms with van der Waals surface area (Å²) in [6.07, 6.45) is 4.82. The Labute approximate surface area is 109 Å². The standard InChI is InChI=1S/C15H23N3/c1-2-11-17-14(16)18-12-15(9-6-10-15)13-7-4-3-5-8-13/h3-5,7-8H,2,6,9-12H2,1H3,(H3,16,17,18). The Kier molecular flexibility index (Phi) is 4.24. The molecule has 0 heterocycles. The summed E-state index contributed by atoms with van der Waals surface area (Å²) in [5.74, 6) is 0.582. The van der Waals surface area contributed by atoms with Crippen molar-refractivity contribution >= 4 is 5.96 Å². The van der Waals surface area contributed by atoms with Crippen molar-refractivity contribution in [2.24, 2.45) is 10.7 Å². The molecule has 1 aliphatic rings. The van der Waals surface area contributed by atoms with E-state index in [9.17, 15) is 0 Å². The summed E-state index contributed by atoms with van der Waals surface area (Å²) in [5, 5.41) is 3.13. The lowest BCUT2D eigenvalue weighted by molar-refractivity contribution is 0.253. The molecule has 1 aliphatic carbocycles. The minimum absolute atomic E-state index is 0.236. The van der Waals surface area contributed by atoms with Crippen molar-refractivity contribution in [3.05, 3.63) is 35.9 Å². The van der Waals surface area contributed by atoms with E-state index < -0.39 is 0 Å². The Balaban J connectivity index is 2.01. The van der Waals surface area contributed by atoms with E-state index in [1.807, 2.05) is 0 Å². The normalized spacial score (nSPS) is 18.2. The third-order valence-electron chi connectivity index (χ3n) is 3.81. The summed E-state index contributed by atoms with van der Waals surface area (Å²) in [6.45, 7) is 3.82. The molecule has 18 heavy (non-hydrogen) atoms.